The molecule has 5 aromatic rings. The summed E-state index contributed by atoms with van der Waals surface area (Å²) >= 11 is 0. The lowest BCUT2D eigenvalue weighted by atomic mass is 10.1. The minimum absolute atomic E-state index is 0.0831. The number of nitrogens with zero attached hydrogens (tertiary/aromatic N) is 5. The molecule has 0 saturated carbocycles. The number of anilines is 2. The van der Waals surface area contributed by atoms with Crippen LogP contribution >= 0.6 is 0 Å². The number of aromatic nitrogens is 5. The van der Waals surface area contributed by atoms with Gasteiger partial charge in [-0.2, -0.15) is 5.10 Å². The van der Waals surface area contributed by atoms with E-state index < -0.39 is 0 Å². The summed E-state index contributed by atoms with van der Waals surface area (Å²) < 4.78 is 34.2. The average Bonchev–Trinajstić information content (AvgIpc) is 3.60. The van der Waals surface area contributed by atoms with Crippen molar-refractivity contribution >= 4 is 17.4 Å². The molecule has 3 N–H and O–H groups in total. The molecule has 0 aliphatic heterocycles. The molecule has 0 unspecified atom stereocenters. The van der Waals surface area contributed by atoms with Crippen LogP contribution in [0.1, 0.15) is 30.4 Å². The highest BCUT2D eigenvalue weighted by Crippen LogP contribution is 2.26. The number of halogens is 2. The maximum atomic E-state index is 14.3. The van der Waals surface area contributed by atoms with E-state index in [-0.39, 0.29) is 47.8 Å². The predicted molar refractivity (Wildman–Crippen MR) is 141 cm³/mol. The molecule has 0 bridgehead atoms. The number of carbonyl (C=O) groups excluding carboxylic acids is 1. The van der Waals surface area contributed by atoms with Crippen LogP contribution in [0.4, 0.5) is 20.3 Å². The maximum Gasteiger partial charge on any atom is 0.224 e. The molecular formula is C28H25F2N7O2. The van der Waals surface area contributed by atoms with E-state index in [9.17, 15) is 13.6 Å². The SMILES string of the molecule is Nc1nc(-c2cc(-c3ccon3)n(Cc3ccccc3F)n2)ncc1NC(=O)CCCCc1cccc(F)c1. The van der Waals surface area contributed by atoms with Gasteiger partial charge in [-0.15, -0.1) is 0 Å². The summed E-state index contributed by atoms with van der Waals surface area (Å²) in [5.41, 5.74) is 9.25. The number of nitrogens with one attached hydrogen (secondary N) is 1. The molecule has 0 radical (unpaired) electrons. The molecule has 0 saturated heterocycles. The second kappa shape index (κ2) is 11.6. The lowest BCUT2D eigenvalue weighted by Crippen LogP contribution is -2.14. The van der Waals surface area contributed by atoms with Gasteiger partial charge in [-0.1, -0.05) is 35.5 Å². The molecule has 0 spiro atoms. The van der Waals surface area contributed by atoms with Gasteiger partial charge in [-0.05, 0) is 49.1 Å². The van der Waals surface area contributed by atoms with Crippen LogP contribution in [-0.2, 0) is 17.8 Å². The van der Waals surface area contributed by atoms with Crippen molar-refractivity contribution in [1.29, 1.82) is 0 Å². The third-order valence-corrected chi connectivity index (χ3v) is 6.09. The van der Waals surface area contributed by atoms with Crippen molar-refractivity contribution in [2.75, 3.05) is 11.1 Å². The van der Waals surface area contributed by atoms with Crippen molar-refractivity contribution in [2.45, 2.75) is 32.2 Å². The van der Waals surface area contributed by atoms with Gasteiger partial charge in [-0.25, -0.2) is 18.7 Å². The van der Waals surface area contributed by atoms with Crippen molar-refractivity contribution < 1.29 is 18.1 Å². The van der Waals surface area contributed by atoms with Gasteiger partial charge in [0, 0.05) is 18.1 Å². The number of amides is 1. The minimum Gasteiger partial charge on any atom is -0.382 e. The second-order valence-corrected chi connectivity index (χ2v) is 8.93. The first-order chi connectivity index (χ1) is 19.0. The zero-order chi connectivity index (χ0) is 27.2. The predicted octanol–water partition coefficient (Wildman–Crippen LogP) is 5.26. The van der Waals surface area contributed by atoms with Crippen molar-refractivity contribution in [3.63, 3.8) is 0 Å². The fourth-order valence-corrected chi connectivity index (χ4v) is 4.12. The average molecular weight is 530 g/mol. The Morgan fingerprint density at radius 2 is 1.90 bits per heavy atom. The first-order valence-electron chi connectivity index (χ1n) is 12.4. The van der Waals surface area contributed by atoms with E-state index >= 15 is 0 Å². The summed E-state index contributed by atoms with van der Waals surface area (Å²) in [7, 11) is 0. The molecular weight excluding hydrogens is 504 g/mol. The minimum atomic E-state index is -0.352. The number of benzene rings is 2. The first-order valence-corrected chi connectivity index (χ1v) is 12.4. The Labute approximate surface area is 222 Å². The highest BCUT2D eigenvalue weighted by atomic mass is 19.1. The quantitative estimate of drug-likeness (QED) is 0.237. The van der Waals surface area contributed by atoms with Crippen molar-refractivity contribution in [2.24, 2.45) is 0 Å². The van der Waals surface area contributed by atoms with Crippen LogP contribution in [0.5, 0.6) is 0 Å². The lowest BCUT2D eigenvalue weighted by Gasteiger charge is -2.08. The van der Waals surface area contributed by atoms with Gasteiger partial charge in [0.15, 0.2) is 11.6 Å². The van der Waals surface area contributed by atoms with Gasteiger partial charge < -0.3 is 15.6 Å². The zero-order valence-electron chi connectivity index (χ0n) is 20.8. The molecule has 0 fully saturated rings. The van der Waals surface area contributed by atoms with E-state index in [0.29, 0.717) is 35.5 Å². The van der Waals surface area contributed by atoms with E-state index in [4.69, 9.17) is 10.3 Å². The number of rotatable bonds is 10. The summed E-state index contributed by atoms with van der Waals surface area (Å²) in [5.74, 6) is -0.525. The van der Waals surface area contributed by atoms with Gasteiger partial charge in [0.1, 0.15) is 35.0 Å². The number of carbonyl (C=O) groups is 1. The Morgan fingerprint density at radius 1 is 1.03 bits per heavy atom. The summed E-state index contributed by atoms with van der Waals surface area (Å²) in [6.45, 7) is 0.150. The number of unbranched alkanes of at least 4 members (excludes halogenated alkanes) is 1. The van der Waals surface area contributed by atoms with Crippen LogP contribution in [-0.4, -0.2) is 30.8 Å². The molecule has 3 aromatic heterocycles. The molecule has 5 rings (SSSR count). The molecule has 0 atom stereocenters. The Balaban J connectivity index is 1.26. The van der Waals surface area contributed by atoms with E-state index in [2.05, 4.69) is 25.5 Å². The molecule has 39 heavy (non-hydrogen) atoms. The van der Waals surface area contributed by atoms with Crippen LogP contribution < -0.4 is 11.1 Å². The Kier molecular flexibility index (Phi) is 7.67. The van der Waals surface area contributed by atoms with Crippen LogP contribution in [0.15, 0.2) is 77.6 Å². The van der Waals surface area contributed by atoms with E-state index in [1.54, 1.807) is 41.1 Å². The second-order valence-electron chi connectivity index (χ2n) is 8.93. The fourth-order valence-electron chi connectivity index (χ4n) is 4.12. The van der Waals surface area contributed by atoms with Crippen LogP contribution in [0, 0.1) is 11.6 Å². The molecule has 3 heterocycles. The molecule has 0 aliphatic rings. The number of hydrogen-bond acceptors (Lipinski definition) is 7. The molecule has 198 valence electrons. The Bertz CT molecular complexity index is 1580. The zero-order valence-corrected chi connectivity index (χ0v) is 20.8. The van der Waals surface area contributed by atoms with E-state index in [1.165, 1.54) is 30.7 Å². The number of nitrogens with two attached hydrogens (primary N) is 1. The summed E-state index contributed by atoms with van der Waals surface area (Å²) in [4.78, 5) is 21.1. The largest absolute Gasteiger partial charge is 0.382 e. The molecule has 9 nitrogen and oxygen atoms in total. The van der Waals surface area contributed by atoms with Crippen molar-refractivity contribution in [3.05, 3.63) is 95.9 Å². The van der Waals surface area contributed by atoms with Crippen LogP contribution in [0.3, 0.4) is 0 Å². The van der Waals surface area contributed by atoms with Gasteiger partial charge in [0.25, 0.3) is 0 Å². The highest BCUT2D eigenvalue weighted by Gasteiger charge is 2.18. The van der Waals surface area contributed by atoms with E-state index in [1.807, 2.05) is 6.07 Å². The molecule has 1 amide bonds. The van der Waals surface area contributed by atoms with Gasteiger partial charge in [-0.3, -0.25) is 9.48 Å². The molecule has 2 aromatic carbocycles. The van der Waals surface area contributed by atoms with Crippen LogP contribution in [0.25, 0.3) is 22.9 Å². The fraction of sp³-hybridized carbons (Fsp3) is 0.179. The van der Waals surface area contributed by atoms with E-state index in [0.717, 1.165) is 12.0 Å². The van der Waals surface area contributed by atoms with Gasteiger partial charge in [0.05, 0.1) is 18.4 Å². The standard InChI is InChI=1S/C28H25F2N7O2/c29-20-9-5-7-18(14-20)6-1-4-11-26(38)33-24-16-32-28(34-27(24)31)23-15-25(22-12-13-39-36-22)37(35-23)17-19-8-2-3-10-21(19)30/h2-3,5,7-10,12-16H,1,4,6,11,17H2,(H,33,38)(H2,31,32,34). The first kappa shape index (κ1) is 25.7. The third kappa shape index (κ3) is 6.32. The topological polar surface area (TPSA) is 125 Å². The Morgan fingerprint density at radius 3 is 2.67 bits per heavy atom. The smallest absolute Gasteiger partial charge is 0.224 e. The lowest BCUT2D eigenvalue weighted by molar-refractivity contribution is -0.116. The summed E-state index contributed by atoms with van der Waals surface area (Å²) in [6, 6.07) is 16.3. The third-order valence-electron chi connectivity index (χ3n) is 6.09. The summed E-state index contributed by atoms with van der Waals surface area (Å²) in [6.07, 6.45) is 5.19. The van der Waals surface area contributed by atoms with Crippen molar-refractivity contribution in [1.82, 2.24) is 24.9 Å². The summed E-state index contributed by atoms with van der Waals surface area (Å²) in [5, 5.41) is 11.3. The van der Waals surface area contributed by atoms with Crippen LogP contribution in [0.2, 0.25) is 0 Å². The Hall–Kier alpha value is -4.93. The number of nitrogen functional groups attached to an aromatic ring is 1. The van der Waals surface area contributed by atoms with Gasteiger partial charge in [0.2, 0.25) is 5.91 Å². The highest BCUT2D eigenvalue weighted by molar-refractivity contribution is 5.93. The molecule has 0 aliphatic carbocycles. The van der Waals surface area contributed by atoms with Gasteiger partial charge >= 0.3 is 0 Å². The normalized spacial score (nSPS) is 11.0. The monoisotopic (exact) mass is 529 g/mol. The van der Waals surface area contributed by atoms with Crippen molar-refractivity contribution in [3.8, 4) is 22.9 Å². The number of hydrogen-bond donors (Lipinski definition) is 2. The molecule has 11 heteroatoms. The number of aryl methyl sites for hydroxylation is 1. The maximum absolute atomic E-state index is 14.3.